The highest BCUT2D eigenvalue weighted by atomic mass is 32.2. The van der Waals surface area contributed by atoms with Crippen molar-refractivity contribution in [2.24, 2.45) is 5.73 Å². The molecule has 4 N–H and O–H groups in total. The first-order valence-corrected chi connectivity index (χ1v) is 6.60. The van der Waals surface area contributed by atoms with Gasteiger partial charge in [0.25, 0.3) is 0 Å². The van der Waals surface area contributed by atoms with Crippen LogP contribution in [0.1, 0.15) is 18.4 Å². The molecule has 1 aliphatic carbocycles. The molecule has 5 nitrogen and oxygen atoms in total. The largest absolute Gasteiger partial charge is 0.384 e. The van der Waals surface area contributed by atoms with Crippen LogP contribution in [0.25, 0.3) is 0 Å². The molecule has 0 saturated heterocycles. The summed E-state index contributed by atoms with van der Waals surface area (Å²) in [6, 6.07) is 3.70. The average molecular weight is 257 g/mol. The molecular weight excluding hydrogens is 245 g/mol. The Labute approximate surface area is 98.4 Å². The quantitative estimate of drug-likeness (QED) is 0.555. The fourth-order valence-electron chi connectivity index (χ4n) is 1.38. The van der Waals surface area contributed by atoms with E-state index in [1.807, 2.05) is 0 Å². The maximum Gasteiger partial charge on any atom is 0.235 e. The van der Waals surface area contributed by atoms with Gasteiger partial charge >= 0.3 is 0 Å². The number of nitrogens with one attached hydrogen (secondary N) is 2. The Morgan fingerprint density at radius 1 is 1.47 bits per heavy atom. The van der Waals surface area contributed by atoms with Crippen molar-refractivity contribution in [3.63, 3.8) is 0 Å². The topological polar surface area (TPSA) is 96.0 Å². The number of nitrogen functional groups attached to an aromatic ring is 1. The standard InChI is InChI=1S/C10H12FN3O2S/c11-8-5-6(10(12)13)1-4-9(8)14-17(15,16)7-2-3-7/h1,4-5,7,14H,2-3H2,(H3,12,13). The van der Waals surface area contributed by atoms with Crippen LogP contribution in [0.3, 0.4) is 0 Å². The van der Waals surface area contributed by atoms with Crippen molar-refractivity contribution >= 4 is 21.5 Å². The third kappa shape index (κ3) is 2.55. The molecule has 0 atom stereocenters. The zero-order valence-electron chi connectivity index (χ0n) is 8.90. The summed E-state index contributed by atoms with van der Waals surface area (Å²) < 4.78 is 38.9. The van der Waals surface area contributed by atoms with Crippen LogP contribution in [0.2, 0.25) is 0 Å². The molecule has 1 fully saturated rings. The van der Waals surface area contributed by atoms with Crippen molar-refractivity contribution < 1.29 is 12.8 Å². The van der Waals surface area contributed by atoms with Gasteiger partial charge in [-0.05, 0) is 31.0 Å². The van der Waals surface area contributed by atoms with Crippen LogP contribution in [0.5, 0.6) is 0 Å². The Kier molecular flexibility index (Phi) is 2.78. The fraction of sp³-hybridized carbons (Fsp3) is 0.300. The summed E-state index contributed by atoms with van der Waals surface area (Å²) >= 11 is 0. The predicted octanol–water partition coefficient (Wildman–Crippen LogP) is 1.01. The van der Waals surface area contributed by atoms with Gasteiger partial charge in [-0.15, -0.1) is 0 Å². The summed E-state index contributed by atoms with van der Waals surface area (Å²) in [6.45, 7) is 0. The first-order chi connectivity index (χ1) is 7.90. The van der Waals surface area contributed by atoms with Crippen LogP contribution in [0.4, 0.5) is 10.1 Å². The molecule has 0 amide bonds. The minimum absolute atomic E-state index is 0.109. The molecule has 0 aliphatic heterocycles. The zero-order valence-corrected chi connectivity index (χ0v) is 9.72. The first kappa shape index (κ1) is 11.8. The number of amidine groups is 1. The molecule has 1 aromatic carbocycles. The van der Waals surface area contributed by atoms with Gasteiger partial charge in [0.05, 0.1) is 10.9 Å². The Morgan fingerprint density at radius 3 is 2.59 bits per heavy atom. The lowest BCUT2D eigenvalue weighted by atomic mass is 10.2. The monoisotopic (exact) mass is 257 g/mol. The number of rotatable bonds is 4. The van der Waals surface area contributed by atoms with Gasteiger partial charge in [0.15, 0.2) is 0 Å². The average Bonchev–Trinajstić information content (AvgIpc) is 3.04. The summed E-state index contributed by atoms with van der Waals surface area (Å²) in [4.78, 5) is 0. The summed E-state index contributed by atoms with van der Waals surface area (Å²) in [7, 11) is -3.47. The molecule has 0 aromatic heterocycles. The summed E-state index contributed by atoms with van der Waals surface area (Å²) in [5.41, 5.74) is 5.31. The number of hydrogen-bond donors (Lipinski definition) is 3. The minimum atomic E-state index is -3.47. The number of hydrogen-bond acceptors (Lipinski definition) is 3. The van der Waals surface area contributed by atoms with Crippen LogP contribution in [-0.4, -0.2) is 19.5 Å². The zero-order chi connectivity index (χ0) is 12.6. The third-order valence-corrected chi connectivity index (χ3v) is 4.35. The molecule has 0 spiro atoms. The van der Waals surface area contributed by atoms with E-state index in [4.69, 9.17) is 11.1 Å². The van der Waals surface area contributed by atoms with Crippen molar-refractivity contribution in [3.05, 3.63) is 29.6 Å². The van der Waals surface area contributed by atoms with Crippen LogP contribution < -0.4 is 10.5 Å². The van der Waals surface area contributed by atoms with E-state index in [1.54, 1.807) is 0 Å². The lowest BCUT2D eigenvalue weighted by molar-refractivity contribution is 0.597. The van der Waals surface area contributed by atoms with Gasteiger partial charge in [0.2, 0.25) is 10.0 Å². The van der Waals surface area contributed by atoms with E-state index in [-0.39, 0.29) is 17.1 Å². The van der Waals surface area contributed by atoms with Crippen molar-refractivity contribution in [3.8, 4) is 0 Å². The predicted molar refractivity (Wildman–Crippen MR) is 63.0 cm³/mol. The maximum absolute atomic E-state index is 13.5. The molecule has 1 aliphatic rings. The number of benzene rings is 1. The molecule has 0 heterocycles. The SMILES string of the molecule is N=C(N)c1ccc(NS(=O)(=O)C2CC2)c(F)c1. The van der Waals surface area contributed by atoms with Gasteiger partial charge in [-0.1, -0.05) is 0 Å². The molecule has 2 rings (SSSR count). The molecule has 0 unspecified atom stereocenters. The van der Waals surface area contributed by atoms with Gasteiger partial charge in [-0.25, -0.2) is 12.8 Å². The Hall–Kier alpha value is -1.63. The van der Waals surface area contributed by atoms with Gasteiger partial charge in [-0.2, -0.15) is 0 Å². The normalized spacial score (nSPS) is 15.6. The highest BCUT2D eigenvalue weighted by Gasteiger charge is 2.36. The van der Waals surface area contributed by atoms with E-state index in [9.17, 15) is 12.8 Å². The number of halogens is 1. The lowest BCUT2D eigenvalue weighted by Crippen LogP contribution is -2.18. The van der Waals surface area contributed by atoms with Crippen molar-refractivity contribution in [2.45, 2.75) is 18.1 Å². The molecule has 1 aromatic rings. The van der Waals surface area contributed by atoms with E-state index in [0.717, 1.165) is 6.07 Å². The van der Waals surface area contributed by atoms with E-state index in [1.165, 1.54) is 12.1 Å². The molecule has 17 heavy (non-hydrogen) atoms. The fourth-order valence-corrected chi connectivity index (χ4v) is 2.78. The van der Waals surface area contributed by atoms with E-state index >= 15 is 0 Å². The molecule has 0 radical (unpaired) electrons. The Bertz CT molecular complexity index is 567. The highest BCUT2D eigenvalue weighted by molar-refractivity contribution is 7.93. The van der Waals surface area contributed by atoms with Gasteiger partial charge in [-0.3, -0.25) is 10.1 Å². The van der Waals surface area contributed by atoms with Crippen molar-refractivity contribution in [1.82, 2.24) is 0 Å². The summed E-state index contributed by atoms with van der Waals surface area (Å²) in [5, 5.41) is 6.73. The second-order valence-electron chi connectivity index (χ2n) is 3.95. The van der Waals surface area contributed by atoms with Gasteiger partial charge < -0.3 is 5.73 Å². The van der Waals surface area contributed by atoms with E-state index in [2.05, 4.69) is 4.72 Å². The third-order valence-electron chi connectivity index (χ3n) is 2.50. The molecular formula is C10H12FN3O2S. The molecule has 7 heteroatoms. The number of anilines is 1. The first-order valence-electron chi connectivity index (χ1n) is 5.06. The number of sulfonamides is 1. The summed E-state index contributed by atoms with van der Waals surface area (Å²) in [5.74, 6) is -0.998. The highest BCUT2D eigenvalue weighted by Crippen LogP contribution is 2.30. The Balaban J connectivity index is 2.25. The second-order valence-corrected chi connectivity index (χ2v) is 5.92. The number of nitrogens with two attached hydrogens (primary N) is 1. The van der Waals surface area contributed by atoms with Crippen LogP contribution in [0, 0.1) is 11.2 Å². The van der Waals surface area contributed by atoms with Gasteiger partial charge in [0.1, 0.15) is 11.7 Å². The van der Waals surface area contributed by atoms with Crippen LogP contribution in [0.15, 0.2) is 18.2 Å². The van der Waals surface area contributed by atoms with Gasteiger partial charge in [0, 0.05) is 5.56 Å². The van der Waals surface area contributed by atoms with E-state index < -0.39 is 21.1 Å². The second kappa shape index (κ2) is 3.99. The molecule has 1 saturated carbocycles. The summed E-state index contributed by atoms with van der Waals surface area (Å²) in [6.07, 6.45) is 1.23. The Morgan fingerprint density at radius 2 is 2.12 bits per heavy atom. The maximum atomic E-state index is 13.5. The minimum Gasteiger partial charge on any atom is -0.384 e. The molecule has 92 valence electrons. The smallest absolute Gasteiger partial charge is 0.235 e. The van der Waals surface area contributed by atoms with E-state index in [0.29, 0.717) is 12.8 Å². The lowest BCUT2D eigenvalue weighted by Gasteiger charge is -2.08. The molecule has 0 bridgehead atoms. The van der Waals surface area contributed by atoms with Crippen LogP contribution in [-0.2, 0) is 10.0 Å². The van der Waals surface area contributed by atoms with Crippen molar-refractivity contribution in [2.75, 3.05) is 4.72 Å². The van der Waals surface area contributed by atoms with Crippen LogP contribution >= 0.6 is 0 Å². The van der Waals surface area contributed by atoms with Crippen molar-refractivity contribution in [1.29, 1.82) is 5.41 Å².